The first-order valence-corrected chi connectivity index (χ1v) is 26.1. The summed E-state index contributed by atoms with van der Waals surface area (Å²) < 4.78 is 104. The normalized spacial score (nSPS) is 16.2. The highest BCUT2D eigenvalue weighted by molar-refractivity contribution is 7.99. The quantitative estimate of drug-likeness (QED) is 0.0816. The Morgan fingerprint density at radius 3 is 2.15 bits per heavy atom. The van der Waals surface area contributed by atoms with Crippen molar-refractivity contribution in [1.29, 1.82) is 0 Å². The molecule has 11 nitrogen and oxygen atoms in total. The van der Waals surface area contributed by atoms with Crippen molar-refractivity contribution in [1.82, 2.24) is 14.5 Å². The number of nitrogens with one attached hydrogen (secondary N) is 2. The molecule has 18 heteroatoms. The number of amides is 1. The highest BCUT2D eigenvalue weighted by Gasteiger charge is 2.48. The maximum absolute atomic E-state index is 14.2. The fourth-order valence-corrected chi connectivity index (χ4v) is 11.3. The molecule has 2 aliphatic heterocycles. The molecule has 0 unspecified atom stereocenters. The lowest BCUT2D eigenvalue weighted by molar-refractivity contribution is -0.0435. The second kappa shape index (κ2) is 22.0. The number of nitrogens with zero attached hydrogens (tertiary/aromatic N) is 3. The first-order valence-electron chi connectivity index (χ1n) is 21.8. The Labute approximate surface area is 394 Å². The Morgan fingerprint density at radius 2 is 1.48 bits per heavy atom. The Morgan fingerprint density at radius 1 is 0.818 bits per heavy atom. The average Bonchev–Trinajstić information content (AvgIpc) is 3.31. The number of ether oxygens (including phenoxy) is 1. The van der Waals surface area contributed by atoms with E-state index >= 15 is 0 Å². The Bertz CT molecular complexity index is 2630. The van der Waals surface area contributed by atoms with E-state index in [9.17, 15) is 34.8 Å². The molecule has 2 saturated heterocycles. The van der Waals surface area contributed by atoms with Crippen molar-refractivity contribution >= 4 is 60.5 Å². The van der Waals surface area contributed by atoms with Crippen LogP contribution in [0.15, 0.2) is 136 Å². The van der Waals surface area contributed by atoms with E-state index in [0.29, 0.717) is 49.5 Å². The number of carbonyl (C=O) groups is 1. The number of likely N-dealkylation sites (tertiary alicyclic amines) is 1. The van der Waals surface area contributed by atoms with Gasteiger partial charge in [-0.15, -0.1) is 11.8 Å². The lowest BCUT2D eigenvalue weighted by Crippen LogP contribution is -2.46. The van der Waals surface area contributed by atoms with Crippen LogP contribution in [0.4, 0.5) is 24.5 Å². The number of thioether (sulfide) groups is 1. The molecular formula is C48H53ClF3N5O6S3. The molecular weight excluding hydrogens is 931 g/mol. The Balaban J connectivity index is 1.01. The molecule has 2 aliphatic rings. The molecule has 66 heavy (non-hydrogen) atoms. The Hall–Kier alpha value is -4.62. The van der Waals surface area contributed by atoms with Gasteiger partial charge >= 0.3 is 5.51 Å². The van der Waals surface area contributed by atoms with Gasteiger partial charge in [0.15, 0.2) is 0 Å². The minimum absolute atomic E-state index is 0.0120. The summed E-state index contributed by atoms with van der Waals surface area (Å²) in [5.41, 5.74) is -1.90. The van der Waals surface area contributed by atoms with Crippen LogP contribution >= 0.6 is 23.4 Å². The molecule has 0 radical (unpaired) electrons. The topological polar surface area (TPSA) is 128 Å². The van der Waals surface area contributed by atoms with Crippen molar-refractivity contribution in [3.63, 3.8) is 0 Å². The van der Waals surface area contributed by atoms with Gasteiger partial charge in [0.25, 0.3) is 25.8 Å². The summed E-state index contributed by atoms with van der Waals surface area (Å²) in [7, 11) is -10.9. The molecule has 5 aromatic carbocycles. The fraction of sp³-hybridized carbons (Fsp3) is 0.354. The van der Waals surface area contributed by atoms with Gasteiger partial charge in [-0.2, -0.15) is 13.2 Å². The van der Waals surface area contributed by atoms with Crippen LogP contribution in [0.2, 0.25) is 5.02 Å². The van der Waals surface area contributed by atoms with Crippen LogP contribution < -0.4 is 14.9 Å². The fourth-order valence-electron chi connectivity index (χ4n) is 8.18. The number of piperazine rings is 1. The van der Waals surface area contributed by atoms with Crippen molar-refractivity contribution < 1.29 is 39.5 Å². The van der Waals surface area contributed by atoms with E-state index in [2.05, 4.69) is 32.1 Å². The number of hydrogen-bond donors (Lipinski definition) is 2. The molecule has 7 rings (SSSR count). The second-order valence-electron chi connectivity index (χ2n) is 16.3. The second-order valence-corrected chi connectivity index (χ2v) is 21.4. The van der Waals surface area contributed by atoms with Crippen LogP contribution in [-0.2, 0) is 31.1 Å². The molecule has 0 aliphatic carbocycles. The lowest BCUT2D eigenvalue weighted by atomic mass is 9.99. The van der Waals surface area contributed by atoms with Crippen molar-refractivity contribution in [2.75, 3.05) is 68.4 Å². The smallest absolute Gasteiger partial charge is 0.380 e. The average molecular weight is 985 g/mol. The van der Waals surface area contributed by atoms with Gasteiger partial charge in [-0.1, -0.05) is 66.2 Å². The summed E-state index contributed by atoms with van der Waals surface area (Å²) in [6.45, 7) is 8.44. The third-order valence-electron chi connectivity index (χ3n) is 11.8. The van der Waals surface area contributed by atoms with Crippen LogP contribution in [0.5, 0.6) is 0 Å². The van der Waals surface area contributed by atoms with E-state index in [1.165, 1.54) is 29.5 Å². The van der Waals surface area contributed by atoms with E-state index in [0.717, 1.165) is 79.4 Å². The molecule has 0 spiro atoms. The maximum atomic E-state index is 14.2. The van der Waals surface area contributed by atoms with Crippen LogP contribution in [0.3, 0.4) is 0 Å². The summed E-state index contributed by atoms with van der Waals surface area (Å²) in [6.07, 6.45) is 2.32. The highest BCUT2D eigenvalue weighted by atomic mass is 35.5. The van der Waals surface area contributed by atoms with Crippen LogP contribution in [0, 0.1) is 0 Å². The van der Waals surface area contributed by atoms with Crippen molar-refractivity contribution in [2.24, 2.45) is 0 Å². The largest absolute Gasteiger partial charge is 0.501 e. The molecule has 352 valence electrons. The van der Waals surface area contributed by atoms with Crippen LogP contribution in [0.25, 0.3) is 11.1 Å². The van der Waals surface area contributed by atoms with E-state index in [4.69, 9.17) is 16.3 Å². The van der Waals surface area contributed by atoms with E-state index in [1.807, 2.05) is 78.4 Å². The number of piperidine rings is 1. The summed E-state index contributed by atoms with van der Waals surface area (Å²) in [5.74, 6) is -0.659. The molecule has 0 aromatic heterocycles. The van der Waals surface area contributed by atoms with Crippen molar-refractivity contribution in [3.8, 4) is 11.1 Å². The minimum Gasteiger partial charge on any atom is -0.380 e. The summed E-state index contributed by atoms with van der Waals surface area (Å²) in [4.78, 5) is 18.9. The monoisotopic (exact) mass is 983 g/mol. The van der Waals surface area contributed by atoms with Gasteiger partial charge in [-0.3, -0.25) is 9.69 Å². The zero-order valence-corrected chi connectivity index (χ0v) is 39.6. The summed E-state index contributed by atoms with van der Waals surface area (Å²) in [5, 5.41) is 3.70. The molecule has 5 aromatic rings. The van der Waals surface area contributed by atoms with E-state index < -0.39 is 52.8 Å². The molecule has 1 atom stereocenters. The zero-order valence-electron chi connectivity index (χ0n) is 36.4. The van der Waals surface area contributed by atoms with Gasteiger partial charge in [0.1, 0.15) is 4.90 Å². The van der Waals surface area contributed by atoms with Gasteiger partial charge in [-0.25, -0.2) is 21.6 Å². The van der Waals surface area contributed by atoms with Gasteiger partial charge < -0.3 is 19.9 Å². The molecule has 2 fully saturated rings. The van der Waals surface area contributed by atoms with E-state index in [-0.39, 0.29) is 11.7 Å². The predicted octanol–water partition coefficient (Wildman–Crippen LogP) is 9.21. The van der Waals surface area contributed by atoms with Crippen LogP contribution in [0.1, 0.15) is 42.1 Å². The third-order valence-corrected chi connectivity index (χ3v) is 16.1. The standard InChI is InChI=1S/C48H53ClF3N5O6S3/c1-2-63-41-23-26-55(27-24-41)25-22-39(34-64-42-9-4-3-5-10-42)53-45-21-20-43(32-46(45)65(59,60)48(50,51)52)66(61,62)54-47(58)36-14-18-40(19-15-36)57-30-28-56(29-31-57)33-37-8-6-7-11-44(37)35-12-16-38(49)17-13-35/h3-21,32,39,41,53H,2,22-31,33-34H2,1H3,(H,54,58)/t39-/m1/s1. The Kier molecular flexibility index (Phi) is 16.4. The number of rotatable bonds is 18. The molecule has 2 heterocycles. The molecule has 0 bridgehead atoms. The molecule has 0 saturated carbocycles. The van der Waals surface area contributed by atoms with Gasteiger partial charge in [0.05, 0.1) is 16.7 Å². The van der Waals surface area contributed by atoms with Gasteiger partial charge in [0, 0.05) is 91.9 Å². The first kappa shape index (κ1) is 49.3. The molecule has 2 N–H and O–H groups in total. The molecule has 1 amide bonds. The first-order chi connectivity index (χ1) is 31.6. The number of carbonyl (C=O) groups excluding carboxylic acids is 1. The minimum atomic E-state index is -6.06. The van der Waals surface area contributed by atoms with Crippen molar-refractivity contribution in [2.45, 2.75) is 65.1 Å². The SMILES string of the molecule is CCOC1CCN(CC[C@H](CSc2ccccc2)Nc2ccc(S(=O)(=O)NC(=O)c3ccc(N4CCN(Cc5ccccc5-c5ccc(Cl)cc5)CC4)cc3)cc2S(=O)(=O)C(F)(F)F)CC1. The summed E-state index contributed by atoms with van der Waals surface area (Å²) >= 11 is 7.57. The van der Waals surface area contributed by atoms with Gasteiger partial charge in [-0.05, 0) is 110 Å². The highest BCUT2D eigenvalue weighted by Crippen LogP contribution is 2.37. The number of sulfonamides is 1. The number of halogens is 4. The number of alkyl halides is 3. The van der Waals surface area contributed by atoms with Gasteiger partial charge in [0.2, 0.25) is 0 Å². The predicted molar refractivity (Wildman–Crippen MR) is 255 cm³/mol. The van der Waals surface area contributed by atoms with Crippen molar-refractivity contribution in [3.05, 3.63) is 137 Å². The lowest BCUT2D eigenvalue weighted by Gasteiger charge is -2.36. The maximum Gasteiger partial charge on any atom is 0.501 e. The number of sulfone groups is 1. The summed E-state index contributed by atoms with van der Waals surface area (Å²) in [6, 6.07) is 33.7. The number of benzene rings is 5. The van der Waals surface area contributed by atoms with E-state index in [1.54, 1.807) is 12.1 Å². The number of anilines is 2. The van der Waals surface area contributed by atoms with Crippen LogP contribution in [-0.4, -0.2) is 108 Å². The third kappa shape index (κ3) is 12.7. The number of hydrogen-bond acceptors (Lipinski definition) is 11. The zero-order chi connectivity index (χ0) is 46.9.